The van der Waals surface area contributed by atoms with E-state index >= 15 is 0 Å². The number of anilines is 7. The highest BCUT2D eigenvalue weighted by molar-refractivity contribution is 6.34. The molecule has 10 aromatic heterocycles. The standard InChI is InChI=1S/C22H24O5.C20H22ClN5O3.C13H20N6O4.C12H18N6O4.C11H14ClN5O4.C5H4ClN5.C2H6/c1-4-18-15(2)22(3,27-20(24)17-13-9-6-10-14-17)21(25-18)26-19(23)16-11-7-5-8-12-16;1-4-13-11(2)20(3,29-17(27)12-8-6-5-7-9-12)18(28-13)26-10-23-14-15(21)24-19(22)25-16(14)26;1-13(22)8(21)6(4-20)23-11(13)19-5-15-7-9(18(2)3)16-12(14)17-10(7)19;1-12(21)7(20)5(3-19)22-10(12)18-4-15-6-8(14-2)16-11(13)17-9(6)18;1-11(20)6(19)4(2-18)21-9(11)17-3-14-5-7(12)15-10(13)16-8(5)17;6-3-2-4(9-1-8-2)11-5(7)10-3;1-2/h5-15,18,21H,4H2,1-3H3;5-11,13,18H,4H2,1-3H3,(H2,22,24,25);5-6,8,11,20-22H,4H2,1-3H3,(H2,14,16,17);4-5,7,10,19-21H,3H2,1-2H3,(H3,13,14,16,17);3-4,6,9,18-20H,2H2,1H3,(H2,13,15,16);1H,(H3,7,8,9,10,11);1-2H3/t15-,18-,21?,22-;11-,13-,18-,20-;6-,8-,11-,13-;5-,7-,10-,12-;4-,6-,9-,11-;;/m11111../s1. The number of carbonyl (C=O) groups is 3. The molecule has 0 spiro atoms. The highest BCUT2D eigenvalue weighted by Crippen LogP contribution is 2.49. The van der Waals surface area contributed by atoms with E-state index in [1.54, 1.807) is 117 Å². The van der Waals surface area contributed by atoms with Crippen molar-refractivity contribution in [2.45, 2.75) is 197 Å². The fraction of sp³-hybridized carbons (Fsp3) is 0.459. The fourth-order valence-electron chi connectivity index (χ4n) is 15.9. The summed E-state index contributed by atoms with van der Waals surface area (Å²) in [5.41, 5.74) is 26.7. The second-order valence-electron chi connectivity index (χ2n) is 32.7. The molecule has 5 aliphatic heterocycles. The lowest BCUT2D eigenvalue weighted by atomic mass is 9.86. The maximum absolute atomic E-state index is 12.9. The number of halogens is 3. The number of nitrogens with two attached hydrogens (primary N) is 5. The second kappa shape index (κ2) is 41.9. The molecule has 21 N–H and O–H groups in total. The summed E-state index contributed by atoms with van der Waals surface area (Å²) >= 11 is 17.8. The second-order valence-corrected chi connectivity index (χ2v) is 33.8. The number of hydrogen-bond acceptors (Lipinski definition) is 42. The lowest BCUT2D eigenvalue weighted by Crippen LogP contribution is -2.46. The van der Waals surface area contributed by atoms with Gasteiger partial charge in [-0.25, -0.2) is 39.3 Å². The number of aromatic nitrogens is 20. The predicted molar refractivity (Wildman–Crippen MR) is 492 cm³/mol. The van der Waals surface area contributed by atoms with E-state index in [0.29, 0.717) is 83.7 Å². The summed E-state index contributed by atoms with van der Waals surface area (Å²) in [6, 6.07) is 26.3. The molecule has 3 aromatic carbocycles. The number of ether oxygens (including phenoxy) is 8. The van der Waals surface area contributed by atoms with Crippen LogP contribution >= 0.6 is 34.8 Å². The summed E-state index contributed by atoms with van der Waals surface area (Å²) < 4.78 is 52.5. The predicted octanol–water partition coefficient (Wildman–Crippen LogP) is 5.46. The Morgan fingerprint density at radius 2 is 0.800 bits per heavy atom. The number of nitrogens with one attached hydrogen (secondary N) is 2. The molecular weight excluding hydrogens is 1830 g/mol. The normalized spacial score (nSPS) is 27.6. The Bertz CT molecular complexity index is 6290. The van der Waals surface area contributed by atoms with Gasteiger partial charge in [0.25, 0.3) is 0 Å². The van der Waals surface area contributed by atoms with E-state index in [1.165, 1.54) is 59.8 Å². The number of nitrogen functional groups attached to an aromatic ring is 5. The Morgan fingerprint density at radius 3 is 1.21 bits per heavy atom. The lowest BCUT2D eigenvalue weighted by Gasteiger charge is -2.33. The molecule has 18 rings (SSSR count). The van der Waals surface area contributed by atoms with Crippen LogP contribution < -0.4 is 38.9 Å². The highest BCUT2D eigenvalue weighted by atomic mass is 35.5. The zero-order valence-corrected chi connectivity index (χ0v) is 78.0. The zero-order valence-electron chi connectivity index (χ0n) is 75.7. The number of aliphatic hydroxyl groups excluding tert-OH is 6. The summed E-state index contributed by atoms with van der Waals surface area (Å²) in [5.74, 6) is -0.414. The van der Waals surface area contributed by atoms with Gasteiger partial charge in [0, 0.05) is 33.0 Å². The van der Waals surface area contributed by atoms with Crippen molar-refractivity contribution in [2.24, 2.45) is 11.8 Å². The first-order valence-corrected chi connectivity index (χ1v) is 43.7. The van der Waals surface area contributed by atoms with Crippen molar-refractivity contribution in [2.75, 3.05) is 79.8 Å². The van der Waals surface area contributed by atoms with Crippen molar-refractivity contribution in [3.63, 3.8) is 0 Å². The quantitative estimate of drug-likeness (QED) is 0.0306. The maximum atomic E-state index is 12.9. The van der Waals surface area contributed by atoms with E-state index in [2.05, 4.69) is 85.1 Å². The average Bonchev–Trinajstić information content (AvgIpc) is 1.58. The van der Waals surface area contributed by atoms with Gasteiger partial charge in [-0.3, -0.25) is 18.3 Å². The van der Waals surface area contributed by atoms with Crippen LogP contribution in [0.4, 0.5) is 41.4 Å². The molecule has 13 aromatic rings. The minimum atomic E-state index is -1.65. The van der Waals surface area contributed by atoms with Gasteiger partial charge in [0.15, 0.2) is 102 Å². The van der Waals surface area contributed by atoms with Crippen LogP contribution in [0.5, 0.6) is 0 Å². The van der Waals surface area contributed by atoms with Gasteiger partial charge < -0.3 is 128 Å². The molecule has 0 amide bonds. The van der Waals surface area contributed by atoms with Crippen LogP contribution in [0.1, 0.15) is 145 Å². The van der Waals surface area contributed by atoms with Crippen molar-refractivity contribution < 1.29 is 98.2 Å². The van der Waals surface area contributed by atoms with Crippen LogP contribution in [0.25, 0.3) is 55.8 Å². The first-order chi connectivity index (χ1) is 64.1. The Hall–Kier alpha value is -12.3. The van der Waals surface area contributed by atoms with E-state index < -0.39 is 134 Å². The van der Waals surface area contributed by atoms with Crippen molar-refractivity contribution in [1.29, 1.82) is 0 Å². The molecule has 0 aliphatic carbocycles. The molecule has 135 heavy (non-hydrogen) atoms. The first-order valence-electron chi connectivity index (χ1n) is 42.5. The Kier molecular flexibility index (Phi) is 31.6. The molecule has 724 valence electrons. The molecule has 5 fully saturated rings. The molecule has 50 heteroatoms. The number of nitrogens with zero attached hydrogens (tertiary/aromatic N) is 20. The lowest BCUT2D eigenvalue weighted by molar-refractivity contribution is -0.169. The van der Waals surface area contributed by atoms with Gasteiger partial charge in [-0.05, 0) is 83.9 Å². The van der Waals surface area contributed by atoms with E-state index in [-0.39, 0.29) is 69.7 Å². The molecule has 47 nitrogen and oxygen atoms in total. The Morgan fingerprint density at radius 1 is 0.459 bits per heavy atom. The minimum absolute atomic E-state index is 0.0327. The first kappa shape index (κ1) is 102. The number of imidazole rings is 5. The van der Waals surface area contributed by atoms with Crippen molar-refractivity contribution >= 4 is 150 Å². The van der Waals surface area contributed by atoms with Gasteiger partial charge >= 0.3 is 17.9 Å². The Labute approximate surface area is 785 Å². The molecule has 15 heterocycles. The van der Waals surface area contributed by atoms with Gasteiger partial charge in [-0.15, -0.1) is 0 Å². The van der Waals surface area contributed by atoms with Crippen LogP contribution in [-0.4, -0.2) is 286 Å². The van der Waals surface area contributed by atoms with Crippen molar-refractivity contribution in [1.82, 2.24) is 98.0 Å². The Balaban J connectivity index is 0.000000147. The van der Waals surface area contributed by atoms with Crippen LogP contribution in [0, 0.1) is 11.8 Å². The number of benzene rings is 3. The number of H-pyrrole nitrogens is 1. The third-order valence-corrected chi connectivity index (χ3v) is 24.3. The number of rotatable bonds is 17. The van der Waals surface area contributed by atoms with E-state index in [1.807, 2.05) is 66.7 Å². The third-order valence-electron chi connectivity index (χ3n) is 23.5. The van der Waals surface area contributed by atoms with Crippen LogP contribution in [0.2, 0.25) is 15.5 Å². The average molecular weight is 1930 g/mol. The van der Waals surface area contributed by atoms with Crippen LogP contribution in [-0.2, 0) is 37.9 Å². The molecule has 0 bridgehead atoms. The summed E-state index contributed by atoms with van der Waals surface area (Å²) in [7, 11) is 5.27. The van der Waals surface area contributed by atoms with E-state index in [0.717, 1.165) is 12.8 Å². The fourth-order valence-corrected chi connectivity index (χ4v) is 16.6. The highest BCUT2D eigenvalue weighted by Gasteiger charge is 2.59. The van der Waals surface area contributed by atoms with Crippen molar-refractivity contribution in [3.8, 4) is 0 Å². The van der Waals surface area contributed by atoms with E-state index in [9.17, 15) is 60.3 Å². The molecule has 20 atom stereocenters. The topological polar surface area (TPSA) is 681 Å². The SMILES string of the molecule is CC.CC[C@H]1OC(OC(=O)c2ccccc2)[C@](C)(OC(=O)c2ccccc2)[C@@H]1C.CC[C@H]1O[C@@H](n2cnc3c(Cl)nc(N)nc32)[C@](C)(OC(=O)c2ccccc2)[C@@H]1C.CN(C)c1nc(N)nc2c1ncn2[C@@H]1O[C@H](CO)[C@@H](O)[C@@]1(C)O.CNc1nc(N)nc2c1ncn2[C@@H]1O[C@H](CO)[C@@H](O)[C@@]1(C)O.C[C@@]1(O)[C@H](O)[C@@H](CO)O[C@H]1n1cnc2c(Cl)nc(N)nc21.Nc1nc(Cl)c2[nH]cnc2n1. The largest absolute Gasteiger partial charge is 0.451 e. The number of hydrogen-bond donors (Lipinski definition) is 16. The summed E-state index contributed by atoms with van der Waals surface area (Å²) in [6.45, 7) is 18.6. The van der Waals surface area contributed by atoms with Gasteiger partial charge in [0.1, 0.15) is 70.0 Å². The number of fused-ring (bicyclic) bond motifs is 5. The van der Waals surface area contributed by atoms with Gasteiger partial charge in [-0.1, -0.05) is 131 Å². The molecule has 1 unspecified atom stereocenters. The number of aromatic amines is 1. The third kappa shape index (κ3) is 20.5. The number of esters is 3. The smallest absolute Gasteiger partial charge is 0.340 e. The molecule has 5 aliphatic rings. The zero-order chi connectivity index (χ0) is 98.4. The monoisotopic (exact) mass is 1930 g/mol. The number of carbonyl (C=O) groups excluding carboxylic acids is 3. The summed E-state index contributed by atoms with van der Waals surface area (Å²) in [4.78, 5) is 103. The summed E-state index contributed by atoms with van der Waals surface area (Å²) in [5, 5.41) is 92.9. The minimum Gasteiger partial charge on any atom is -0.451 e. The van der Waals surface area contributed by atoms with Gasteiger partial charge in [0.2, 0.25) is 36.0 Å². The molecule has 0 radical (unpaired) electrons. The molecule has 0 saturated carbocycles. The van der Waals surface area contributed by atoms with E-state index in [4.69, 9.17) is 101 Å². The maximum Gasteiger partial charge on any atom is 0.340 e. The summed E-state index contributed by atoms with van der Waals surface area (Å²) in [6.07, 6.45) is -2.57. The van der Waals surface area contributed by atoms with Gasteiger partial charge in [-0.2, -0.15) is 49.8 Å². The number of aliphatic hydroxyl groups is 9. The van der Waals surface area contributed by atoms with Crippen LogP contribution in [0.15, 0.2) is 123 Å². The van der Waals surface area contributed by atoms with Crippen LogP contribution in [0.3, 0.4) is 0 Å². The molecular formula is C85H108Cl3N27O20. The molecule has 5 saturated heterocycles. The van der Waals surface area contributed by atoms with Gasteiger partial charge in [0.05, 0.1) is 80.4 Å². The van der Waals surface area contributed by atoms with Crippen molar-refractivity contribution in [3.05, 3.63) is 155 Å².